The number of carbonyl (C=O) groups is 1. The van der Waals surface area contributed by atoms with Gasteiger partial charge in [-0.2, -0.15) is 0 Å². The van der Waals surface area contributed by atoms with Crippen molar-refractivity contribution in [1.82, 2.24) is 10.2 Å². The maximum atomic E-state index is 11.4. The molecule has 84 valence electrons. The number of urea groups is 1. The maximum Gasteiger partial charge on any atom is 0.317 e. The number of rotatable bonds is 3. The van der Waals surface area contributed by atoms with Crippen LogP contribution < -0.4 is 11.1 Å². The van der Waals surface area contributed by atoms with Crippen molar-refractivity contribution in [3.63, 3.8) is 0 Å². The summed E-state index contributed by atoms with van der Waals surface area (Å²) in [6.45, 7) is 7.95. The van der Waals surface area contributed by atoms with Crippen molar-refractivity contribution in [3.05, 3.63) is 0 Å². The van der Waals surface area contributed by atoms with Crippen LogP contribution in [0.5, 0.6) is 0 Å². The molecule has 0 aromatic carbocycles. The van der Waals surface area contributed by atoms with Crippen molar-refractivity contribution in [3.8, 4) is 0 Å². The van der Waals surface area contributed by atoms with Crippen LogP contribution in [-0.4, -0.2) is 36.1 Å². The molecule has 0 saturated heterocycles. The Balaban J connectivity index is 4.53. The molecule has 0 aromatic rings. The van der Waals surface area contributed by atoms with Crippen molar-refractivity contribution in [2.45, 2.75) is 45.2 Å². The predicted molar refractivity (Wildman–Crippen MR) is 59.2 cm³/mol. The van der Waals surface area contributed by atoms with Gasteiger partial charge in [0.1, 0.15) is 0 Å². The van der Waals surface area contributed by atoms with E-state index in [0.717, 1.165) is 6.42 Å². The number of amides is 2. The second kappa shape index (κ2) is 4.17. The Labute approximate surface area is 86.8 Å². The fourth-order valence-electron chi connectivity index (χ4n) is 1.68. The van der Waals surface area contributed by atoms with E-state index in [9.17, 15) is 4.79 Å². The summed E-state index contributed by atoms with van der Waals surface area (Å²) < 4.78 is 0. The van der Waals surface area contributed by atoms with Gasteiger partial charge in [0, 0.05) is 25.2 Å². The van der Waals surface area contributed by atoms with E-state index < -0.39 is 0 Å². The monoisotopic (exact) mass is 201 g/mol. The Hall–Kier alpha value is -0.770. The summed E-state index contributed by atoms with van der Waals surface area (Å²) in [4.78, 5) is 13.1. The molecule has 0 aromatic heterocycles. The highest BCUT2D eigenvalue weighted by Crippen LogP contribution is 2.23. The summed E-state index contributed by atoms with van der Waals surface area (Å²) in [5.41, 5.74) is 5.43. The third-order valence-corrected chi connectivity index (χ3v) is 2.31. The smallest absolute Gasteiger partial charge is 0.317 e. The minimum Gasteiger partial charge on any atom is -0.341 e. The standard InChI is InChI=1S/C10H23N3O/c1-9(2,11)7-10(3,4)13(6)8(14)12-5/h7,11H2,1-6H3,(H,12,14). The molecule has 0 spiro atoms. The Morgan fingerprint density at radius 1 is 1.36 bits per heavy atom. The summed E-state index contributed by atoms with van der Waals surface area (Å²) in [6.07, 6.45) is 0.754. The molecular weight excluding hydrogens is 178 g/mol. The van der Waals surface area contributed by atoms with Gasteiger partial charge >= 0.3 is 6.03 Å². The van der Waals surface area contributed by atoms with Crippen LogP contribution in [-0.2, 0) is 0 Å². The summed E-state index contributed by atoms with van der Waals surface area (Å²) in [6, 6.07) is -0.0840. The van der Waals surface area contributed by atoms with Gasteiger partial charge in [-0.3, -0.25) is 0 Å². The molecule has 0 bridgehead atoms. The molecule has 0 aliphatic heterocycles. The minimum atomic E-state index is -0.272. The molecule has 0 aliphatic rings. The number of hydrogen-bond donors (Lipinski definition) is 2. The zero-order valence-electron chi connectivity index (χ0n) is 10.1. The van der Waals surface area contributed by atoms with Crippen LogP contribution in [0.4, 0.5) is 4.79 Å². The normalized spacial score (nSPS) is 12.5. The molecule has 0 rings (SSSR count). The second-order valence-corrected chi connectivity index (χ2v) is 5.09. The summed E-state index contributed by atoms with van der Waals surface area (Å²) >= 11 is 0. The first-order valence-corrected chi connectivity index (χ1v) is 4.84. The molecule has 0 unspecified atom stereocenters. The number of carbonyl (C=O) groups excluding carboxylic acids is 1. The van der Waals surface area contributed by atoms with E-state index in [1.807, 2.05) is 27.7 Å². The predicted octanol–water partition coefficient (Wildman–Crippen LogP) is 1.16. The van der Waals surface area contributed by atoms with Crippen LogP contribution in [0.25, 0.3) is 0 Å². The number of hydrogen-bond acceptors (Lipinski definition) is 2. The van der Waals surface area contributed by atoms with E-state index in [0.29, 0.717) is 0 Å². The molecule has 0 aliphatic carbocycles. The third kappa shape index (κ3) is 3.96. The average Bonchev–Trinajstić information content (AvgIpc) is 1.97. The molecule has 0 atom stereocenters. The van der Waals surface area contributed by atoms with Gasteiger partial charge in [-0.1, -0.05) is 0 Å². The van der Waals surface area contributed by atoms with E-state index in [-0.39, 0.29) is 17.1 Å². The lowest BCUT2D eigenvalue weighted by Crippen LogP contribution is -2.53. The van der Waals surface area contributed by atoms with Gasteiger partial charge in [0.15, 0.2) is 0 Å². The van der Waals surface area contributed by atoms with Crippen LogP contribution in [0.2, 0.25) is 0 Å². The third-order valence-electron chi connectivity index (χ3n) is 2.31. The molecule has 4 heteroatoms. The molecule has 4 nitrogen and oxygen atoms in total. The van der Waals surface area contributed by atoms with Crippen molar-refractivity contribution in [1.29, 1.82) is 0 Å². The summed E-state index contributed by atoms with van der Waals surface area (Å²) in [5, 5.41) is 2.60. The van der Waals surface area contributed by atoms with Crippen LogP contribution in [0, 0.1) is 0 Å². The lowest BCUT2D eigenvalue weighted by molar-refractivity contribution is 0.136. The van der Waals surface area contributed by atoms with Crippen LogP contribution >= 0.6 is 0 Å². The van der Waals surface area contributed by atoms with Gasteiger partial charge in [0.2, 0.25) is 0 Å². The largest absolute Gasteiger partial charge is 0.341 e. The molecule has 0 saturated carbocycles. The Morgan fingerprint density at radius 2 is 1.79 bits per heavy atom. The Morgan fingerprint density at radius 3 is 2.07 bits per heavy atom. The fourth-order valence-corrected chi connectivity index (χ4v) is 1.68. The van der Waals surface area contributed by atoms with E-state index in [1.54, 1.807) is 19.0 Å². The highest BCUT2D eigenvalue weighted by Gasteiger charge is 2.31. The summed E-state index contributed by atoms with van der Waals surface area (Å²) in [5.74, 6) is 0. The highest BCUT2D eigenvalue weighted by atomic mass is 16.2. The first-order chi connectivity index (χ1) is 6.10. The molecule has 0 fully saturated rings. The fraction of sp³-hybridized carbons (Fsp3) is 0.900. The zero-order valence-corrected chi connectivity index (χ0v) is 10.1. The van der Waals surface area contributed by atoms with Gasteiger partial charge < -0.3 is 16.0 Å². The molecule has 3 N–H and O–H groups in total. The van der Waals surface area contributed by atoms with Gasteiger partial charge in [0.25, 0.3) is 0 Å². The lowest BCUT2D eigenvalue weighted by Gasteiger charge is -2.39. The van der Waals surface area contributed by atoms with Crippen molar-refractivity contribution < 1.29 is 4.79 Å². The SMILES string of the molecule is CNC(=O)N(C)C(C)(C)CC(C)(C)N. The minimum absolute atomic E-state index is 0.0840. The van der Waals surface area contributed by atoms with Crippen molar-refractivity contribution in [2.75, 3.05) is 14.1 Å². The van der Waals surface area contributed by atoms with Crippen molar-refractivity contribution >= 4 is 6.03 Å². The van der Waals surface area contributed by atoms with Gasteiger partial charge in [-0.05, 0) is 34.1 Å². The highest BCUT2D eigenvalue weighted by molar-refractivity contribution is 5.74. The van der Waals surface area contributed by atoms with E-state index in [4.69, 9.17) is 5.73 Å². The topological polar surface area (TPSA) is 58.4 Å². The number of nitrogens with zero attached hydrogens (tertiary/aromatic N) is 1. The van der Waals surface area contributed by atoms with Gasteiger partial charge in [-0.15, -0.1) is 0 Å². The maximum absolute atomic E-state index is 11.4. The lowest BCUT2D eigenvalue weighted by atomic mass is 9.87. The van der Waals surface area contributed by atoms with Gasteiger partial charge in [0.05, 0.1) is 0 Å². The second-order valence-electron chi connectivity index (χ2n) is 5.09. The van der Waals surface area contributed by atoms with E-state index >= 15 is 0 Å². The van der Waals surface area contributed by atoms with Crippen LogP contribution in [0.15, 0.2) is 0 Å². The molecule has 2 amide bonds. The van der Waals surface area contributed by atoms with E-state index in [2.05, 4.69) is 5.32 Å². The Kier molecular flexibility index (Phi) is 3.94. The van der Waals surface area contributed by atoms with Gasteiger partial charge in [-0.25, -0.2) is 4.79 Å². The molecule has 14 heavy (non-hydrogen) atoms. The quantitative estimate of drug-likeness (QED) is 0.720. The summed E-state index contributed by atoms with van der Waals surface area (Å²) in [7, 11) is 3.41. The van der Waals surface area contributed by atoms with Crippen LogP contribution in [0.3, 0.4) is 0 Å². The molecule has 0 radical (unpaired) electrons. The average molecular weight is 201 g/mol. The number of nitrogens with two attached hydrogens (primary N) is 1. The van der Waals surface area contributed by atoms with E-state index in [1.165, 1.54) is 0 Å². The molecular formula is C10H23N3O. The zero-order chi connectivity index (χ0) is 11.6. The first-order valence-electron chi connectivity index (χ1n) is 4.84. The van der Waals surface area contributed by atoms with Crippen LogP contribution in [0.1, 0.15) is 34.1 Å². The van der Waals surface area contributed by atoms with Crippen molar-refractivity contribution in [2.24, 2.45) is 5.73 Å². The Bertz CT molecular complexity index is 206. The number of nitrogens with one attached hydrogen (secondary N) is 1. The first kappa shape index (κ1) is 13.2. The molecule has 0 heterocycles.